The number of rotatable bonds is 14. The Morgan fingerprint density at radius 2 is 1.45 bits per heavy atom. The molecule has 5 N–H and O–H groups in total. The van der Waals surface area contributed by atoms with Crippen LogP contribution in [0.15, 0.2) is 91.1 Å². The molecular weight excluding hydrogens is 504 g/mol. The summed E-state index contributed by atoms with van der Waals surface area (Å²) in [6, 6.07) is 26.8. The molecule has 4 aromatic rings. The van der Waals surface area contributed by atoms with Crippen LogP contribution in [-0.4, -0.2) is 40.5 Å². The van der Waals surface area contributed by atoms with E-state index in [1.165, 1.54) is 0 Å². The third kappa shape index (κ3) is 8.28. The zero-order valence-electron chi connectivity index (χ0n) is 22.4. The van der Waals surface area contributed by atoms with Gasteiger partial charge in [-0.2, -0.15) is 0 Å². The predicted octanol–water partition coefficient (Wildman–Crippen LogP) is 4.09. The van der Waals surface area contributed by atoms with Crippen molar-refractivity contribution in [2.45, 2.75) is 44.6 Å². The Morgan fingerprint density at radius 1 is 0.800 bits per heavy atom. The maximum Gasteiger partial charge on any atom is 0.244 e. The molecule has 8 nitrogen and oxygen atoms in total. The van der Waals surface area contributed by atoms with Crippen LogP contribution in [0.5, 0.6) is 0 Å². The van der Waals surface area contributed by atoms with Gasteiger partial charge in [0.05, 0.1) is 0 Å². The molecule has 4 rings (SSSR count). The number of benzene rings is 3. The Labute approximate surface area is 234 Å². The summed E-state index contributed by atoms with van der Waals surface area (Å²) < 4.78 is 0. The van der Waals surface area contributed by atoms with Gasteiger partial charge in [0.1, 0.15) is 6.04 Å². The van der Waals surface area contributed by atoms with Crippen LogP contribution in [0, 0.1) is 5.92 Å². The number of hydroxylamine groups is 1. The Hall–Kier alpha value is -4.43. The number of aromatic nitrogens is 1. The number of nitrogens with one attached hydrogen (secondary N) is 4. The fourth-order valence-electron chi connectivity index (χ4n) is 4.91. The first-order valence-electron chi connectivity index (χ1n) is 13.7. The number of H-pyrrole nitrogens is 1. The van der Waals surface area contributed by atoms with Crippen molar-refractivity contribution in [3.8, 4) is 0 Å². The van der Waals surface area contributed by atoms with E-state index in [9.17, 15) is 14.4 Å². The number of carbonyl (C=O) groups is 3. The van der Waals surface area contributed by atoms with E-state index in [1.807, 2.05) is 91.1 Å². The molecule has 0 aliphatic heterocycles. The van der Waals surface area contributed by atoms with Crippen LogP contribution in [0.4, 0.5) is 0 Å². The van der Waals surface area contributed by atoms with Crippen LogP contribution >= 0.6 is 0 Å². The summed E-state index contributed by atoms with van der Waals surface area (Å²) in [5.74, 6) is -2.01. The second kappa shape index (κ2) is 14.6. The fourth-order valence-corrected chi connectivity index (χ4v) is 4.91. The van der Waals surface area contributed by atoms with Gasteiger partial charge in [-0.1, -0.05) is 78.9 Å². The Morgan fingerprint density at radius 3 is 2.15 bits per heavy atom. The molecule has 0 aliphatic carbocycles. The van der Waals surface area contributed by atoms with Gasteiger partial charge in [-0.25, -0.2) is 5.48 Å². The topological polar surface area (TPSA) is 123 Å². The van der Waals surface area contributed by atoms with Crippen LogP contribution in [-0.2, 0) is 33.6 Å². The molecule has 3 amide bonds. The number of para-hydroxylation sites is 1. The van der Waals surface area contributed by atoms with Gasteiger partial charge < -0.3 is 15.6 Å². The van der Waals surface area contributed by atoms with Gasteiger partial charge in [-0.3, -0.25) is 19.6 Å². The van der Waals surface area contributed by atoms with Crippen molar-refractivity contribution in [2.24, 2.45) is 5.92 Å². The van der Waals surface area contributed by atoms with Gasteiger partial charge in [0.2, 0.25) is 17.7 Å². The molecule has 0 saturated carbocycles. The largest absolute Gasteiger partial charge is 0.361 e. The van der Waals surface area contributed by atoms with Crippen molar-refractivity contribution in [2.75, 3.05) is 6.54 Å². The highest BCUT2D eigenvalue weighted by atomic mass is 16.5. The minimum atomic E-state index is -0.837. The lowest BCUT2D eigenvalue weighted by molar-refractivity contribution is -0.136. The molecule has 8 heteroatoms. The summed E-state index contributed by atoms with van der Waals surface area (Å²) in [6.07, 6.45) is 4.50. The first kappa shape index (κ1) is 28.6. The minimum absolute atomic E-state index is 0.174. The standard InChI is InChI=1S/C32H36N4O4/c37-30(36-40)21-25(15-9-14-23-10-3-1-4-11-23)31(38)35-29(20-26-22-34-28-17-8-7-16-27(26)28)32(39)33-19-18-24-12-5-2-6-13-24/h1-8,10-13,16-17,22,25,29,34,40H,9,14-15,18-21H2,(H,33,39)(H,35,38)(H,36,37)/t25-,29+/m1/s1. The molecule has 0 spiro atoms. The molecule has 1 heterocycles. The summed E-state index contributed by atoms with van der Waals surface area (Å²) in [5.41, 5.74) is 5.74. The number of hydrogen-bond donors (Lipinski definition) is 5. The molecule has 0 bridgehead atoms. The number of aromatic amines is 1. The van der Waals surface area contributed by atoms with Crippen molar-refractivity contribution in [3.63, 3.8) is 0 Å². The number of aryl methyl sites for hydroxylation is 1. The molecule has 40 heavy (non-hydrogen) atoms. The molecule has 0 aliphatic rings. The van der Waals surface area contributed by atoms with Crippen molar-refractivity contribution in [1.82, 2.24) is 21.1 Å². The van der Waals surface area contributed by atoms with Crippen molar-refractivity contribution >= 4 is 28.6 Å². The van der Waals surface area contributed by atoms with Crippen molar-refractivity contribution in [3.05, 3.63) is 108 Å². The average molecular weight is 541 g/mol. The zero-order chi connectivity index (χ0) is 28.2. The van der Waals surface area contributed by atoms with Gasteiger partial charge in [0, 0.05) is 42.4 Å². The van der Waals surface area contributed by atoms with E-state index in [2.05, 4.69) is 15.6 Å². The van der Waals surface area contributed by atoms with Gasteiger partial charge in [0.25, 0.3) is 0 Å². The van der Waals surface area contributed by atoms with Crippen LogP contribution in [0.2, 0.25) is 0 Å². The lowest BCUT2D eigenvalue weighted by atomic mass is 9.94. The molecule has 1 aromatic heterocycles. The Bertz CT molecular complexity index is 1390. The van der Waals surface area contributed by atoms with Crippen LogP contribution in [0.1, 0.15) is 36.0 Å². The third-order valence-corrected chi connectivity index (χ3v) is 7.08. The summed E-state index contributed by atoms with van der Waals surface area (Å²) in [6.45, 7) is 0.427. The normalized spacial score (nSPS) is 12.4. The van der Waals surface area contributed by atoms with E-state index < -0.39 is 17.9 Å². The molecule has 0 fully saturated rings. The van der Waals surface area contributed by atoms with Crippen LogP contribution in [0.25, 0.3) is 10.9 Å². The first-order valence-corrected chi connectivity index (χ1v) is 13.7. The average Bonchev–Trinajstić information content (AvgIpc) is 3.40. The highest BCUT2D eigenvalue weighted by Gasteiger charge is 2.28. The van der Waals surface area contributed by atoms with Gasteiger partial charge in [-0.15, -0.1) is 0 Å². The Kier molecular flexibility index (Phi) is 10.5. The SMILES string of the molecule is O=C(C[C@@H](CCCc1ccccc1)C(=O)N[C@@H](Cc1c[nH]c2ccccc12)C(=O)NCCc1ccccc1)NO. The fraction of sp³-hybridized carbons (Fsp3) is 0.281. The summed E-state index contributed by atoms with van der Waals surface area (Å²) >= 11 is 0. The zero-order valence-corrected chi connectivity index (χ0v) is 22.4. The van der Waals surface area contributed by atoms with Gasteiger partial charge in [0.15, 0.2) is 0 Å². The molecule has 3 aromatic carbocycles. The molecule has 208 valence electrons. The van der Waals surface area contributed by atoms with Crippen LogP contribution in [0.3, 0.4) is 0 Å². The molecule has 2 atom stereocenters. The molecule has 0 radical (unpaired) electrons. The number of hydrogen-bond acceptors (Lipinski definition) is 4. The summed E-state index contributed by atoms with van der Waals surface area (Å²) in [5, 5.41) is 16.0. The molecule has 0 saturated heterocycles. The molecular formula is C32H36N4O4. The second-order valence-electron chi connectivity index (χ2n) is 9.97. The monoisotopic (exact) mass is 540 g/mol. The lowest BCUT2D eigenvalue weighted by Gasteiger charge is -2.22. The number of carbonyl (C=O) groups excluding carboxylic acids is 3. The Balaban J connectivity index is 1.46. The van der Waals surface area contributed by atoms with E-state index in [1.54, 1.807) is 5.48 Å². The van der Waals surface area contributed by atoms with Gasteiger partial charge >= 0.3 is 0 Å². The van der Waals surface area contributed by atoms with Crippen LogP contribution < -0.4 is 16.1 Å². The lowest BCUT2D eigenvalue weighted by Crippen LogP contribution is -2.50. The van der Waals surface area contributed by atoms with Gasteiger partial charge in [-0.05, 0) is 48.4 Å². The number of amides is 3. The maximum atomic E-state index is 13.5. The minimum Gasteiger partial charge on any atom is -0.361 e. The number of fused-ring (bicyclic) bond motifs is 1. The van der Waals surface area contributed by atoms with E-state index in [0.717, 1.165) is 34.0 Å². The first-order chi connectivity index (χ1) is 19.5. The van der Waals surface area contributed by atoms with E-state index in [-0.39, 0.29) is 24.7 Å². The highest BCUT2D eigenvalue weighted by molar-refractivity contribution is 5.91. The van der Waals surface area contributed by atoms with E-state index in [0.29, 0.717) is 25.8 Å². The molecule has 0 unspecified atom stereocenters. The smallest absolute Gasteiger partial charge is 0.244 e. The highest BCUT2D eigenvalue weighted by Crippen LogP contribution is 2.20. The third-order valence-electron chi connectivity index (χ3n) is 7.08. The second-order valence-corrected chi connectivity index (χ2v) is 9.97. The van der Waals surface area contributed by atoms with Crippen molar-refractivity contribution in [1.29, 1.82) is 0 Å². The summed E-state index contributed by atoms with van der Waals surface area (Å²) in [4.78, 5) is 42.1. The maximum absolute atomic E-state index is 13.5. The van der Waals surface area contributed by atoms with E-state index in [4.69, 9.17) is 5.21 Å². The van der Waals surface area contributed by atoms with E-state index >= 15 is 0 Å². The summed E-state index contributed by atoms with van der Waals surface area (Å²) in [7, 11) is 0. The quantitative estimate of drug-likeness (QED) is 0.122. The van der Waals surface area contributed by atoms with Crippen molar-refractivity contribution < 1.29 is 19.6 Å². The predicted molar refractivity (Wildman–Crippen MR) is 155 cm³/mol.